The summed E-state index contributed by atoms with van der Waals surface area (Å²) in [6.07, 6.45) is 1.74. The zero-order valence-corrected chi connectivity index (χ0v) is 14.9. The van der Waals surface area contributed by atoms with Crippen LogP contribution in [0.15, 0.2) is 24.3 Å². The number of carbonyl (C=O) groups excluding carboxylic acids is 1. The summed E-state index contributed by atoms with van der Waals surface area (Å²) < 4.78 is 17.4. The van der Waals surface area contributed by atoms with Crippen molar-refractivity contribution < 1.29 is 13.7 Å². The first-order chi connectivity index (χ1) is 10.9. The lowest BCUT2D eigenvalue weighted by Gasteiger charge is -2.20. The number of amides is 2. The maximum Gasteiger partial charge on any atom is 0.315 e. The van der Waals surface area contributed by atoms with Crippen LogP contribution < -0.4 is 15.4 Å². The van der Waals surface area contributed by atoms with Gasteiger partial charge in [-0.15, -0.1) is 0 Å². The molecule has 1 aliphatic heterocycles. The molecule has 0 bridgehead atoms. The van der Waals surface area contributed by atoms with Crippen molar-refractivity contribution >= 4 is 16.8 Å². The Bertz CT molecular complexity index is 569. The highest BCUT2D eigenvalue weighted by atomic mass is 32.2. The monoisotopic (exact) mass is 338 g/mol. The van der Waals surface area contributed by atoms with Gasteiger partial charge in [0.05, 0.1) is 12.6 Å². The van der Waals surface area contributed by atoms with Crippen molar-refractivity contribution in [1.29, 1.82) is 0 Å². The van der Waals surface area contributed by atoms with Crippen molar-refractivity contribution in [3.05, 3.63) is 29.8 Å². The molecule has 2 amide bonds. The third kappa shape index (κ3) is 5.23. The zero-order chi connectivity index (χ0) is 16.9. The number of rotatable bonds is 4. The number of benzene rings is 1. The molecule has 1 heterocycles. The van der Waals surface area contributed by atoms with Gasteiger partial charge in [0.1, 0.15) is 5.75 Å². The van der Waals surface area contributed by atoms with Gasteiger partial charge in [-0.1, -0.05) is 18.2 Å². The van der Waals surface area contributed by atoms with E-state index in [9.17, 15) is 9.00 Å². The molecule has 2 atom stereocenters. The molecular formula is C17H26N2O3S. The Balaban J connectivity index is 1.87. The second kappa shape index (κ2) is 7.81. The maximum atomic E-state index is 12.1. The lowest BCUT2D eigenvalue weighted by molar-refractivity contribution is 0.237. The van der Waals surface area contributed by atoms with Gasteiger partial charge >= 0.3 is 6.03 Å². The van der Waals surface area contributed by atoms with Crippen LogP contribution in [-0.2, 0) is 10.8 Å². The van der Waals surface area contributed by atoms with Crippen LogP contribution in [0.3, 0.4) is 0 Å². The first-order valence-corrected chi connectivity index (χ1v) is 9.34. The highest BCUT2D eigenvalue weighted by Crippen LogP contribution is 2.30. The van der Waals surface area contributed by atoms with Gasteiger partial charge in [-0.3, -0.25) is 4.21 Å². The molecule has 0 aromatic heterocycles. The Morgan fingerprint density at radius 3 is 2.83 bits per heavy atom. The van der Waals surface area contributed by atoms with E-state index in [2.05, 4.69) is 10.6 Å². The Morgan fingerprint density at radius 2 is 2.09 bits per heavy atom. The van der Waals surface area contributed by atoms with Gasteiger partial charge in [-0.2, -0.15) is 0 Å². The molecule has 1 aliphatic rings. The van der Waals surface area contributed by atoms with Crippen LogP contribution in [0.1, 0.15) is 45.2 Å². The molecule has 0 radical (unpaired) electrons. The Hall–Kier alpha value is -1.56. The van der Waals surface area contributed by atoms with E-state index < -0.39 is 10.8 Å². The number of nitrogens with one attached hydrogen (secondary N) is 2. The minimum Gasteiger partial charge on any atom is -0.493 e. The molecule has 0 spiro atoms. The topological polar surface area (TPSA) is 67.4 Å². The van der Waals surface area contributed by atoms with Crippen molar-refractivity contribution in [1.82, 2.24) is 10.6 Å². The molecule has 0 aliphatic carbocycles. The second-order valence-corrected chi connectivity index (χ2v) is 8.97. The van der Waals surface area contributed by atoms with Crippen LogP contribution in [0.25, 0.3) is 0 Å². The summed E-state index contributed by atoms with van der Waals surface area (Å²) in [5.41, 5.74) is 1.01. The van der Waals surface area contributed by atoms with E-state index in [4.69, 9.17) is 4.74 Å². The summed E-state index contributed by atoms with van der Waals surface area (Å²) in [6, 6.07) is 7.52. The van der Waals surface area contributed by atoms with Crippen LogP contribution in [0.5, 0.6) is 5.75 Å². The van der Waals surface area contributed by atoms with E-state index in [-0.39, 0.29) is 16.8 Å². The smallest absolute Gasteiger partial charge is 0.315 e. The van der Waals surface area contributed by atoms with E-state index in [1.54, 1.807) is 0 Å². The minimum atomic E-state index is -0.962. The number of para-hydroxylation sites is 1. The van der Waals surface area contributed by atoms with Crippen LogP contribution >= 0.6 is 0 Å². The molecule has 1 aromatic carbocycles. The molecule has 6 heteroatoms. The normalized spacial score (nSPS) is 19.0. The quantitative estimate of drug-likeness (QED) is 0.887. The van der Waals surface area contributed by atoms with Crippen molar-refractivity contribution in [3.63, 3.8) is 0 Å². The number of urea groups is 1. The summed E-state index contributed by atoms with van der Waals surface area (Å²) in [5.74, 6) is 1.30. The molecule has 1 aromatic rings. The third-order valence-corrected chi connectivity index (χ3v) is 5.69. The fourth-order valence-electron chi connectivity index (χ4n) is 2.45. The van der Waals surface area contributed by atoms with Gasteiger partial charge in [0.25, 0.3) is 0 Å². The largest absolute Gasteiger partial charge is 0.493 e. The zero-order valence-electron chi connectivity index (χ0n) is 14.1. The van der Waals surface area contributed by atoms with Crippen molar-refractivity contribution in [2.75, 3.05) is 18.9 Å². The number of ether oxygens (including phenoxy) is 1. The Kier molecular flexibility index (Phi) is 6.04. The Labute approximate surface area is 140 Å². The molecule has 23 heavy (non-hydrogen) atoms. The molecule has 0 saturated carbocycles. The first kappa shape index (κ1) is 17.8. The van der Waals surface area contributed by atoms with Gasteiger partial charge in [-0.05, 0) is 39.7 Å². The minimum absolute atomic E-state index is 0.0539. The van der Waals surface area contributed by atoms with Crippen LogP contribution in [0, 0.1) is 0 Å². The molecule has 2 rings (SSSR count). The fourth-order valence-corrected chi connectivity index (χ4v) is 3.35. The average Bonchev–Trinajstić information content (AvgIpc) is 2.69. The highest BCUT2D eigenvalue weighted by molar-refractivity contribution is 7.86. The summed E-state index contributed by atoms with van der Waals surface area (Å²) in [4.78, 5) is 12.1. The fraction of sp³-hybridized carbons (Fsp3) is 0.588. The molecule has 0 saturated heterocycles. The second-order valence-electron chi connectivity index (χ2n) is 6.64. The number of hydrogen-bond donors (Lipinski definition) is 2. The molecule has 5 nitrogen and oxygen atoms in total. The highest BCUT2D eigenvalue weighted by Gasteiger charge is 2.22. The molecule has 128 valence electrons. The van der Waals surface area contributed by atoms with E-state index in [0.717, 1.165) is 24.2 Å². The van der Waals surface area contributed by atoms with E-state index in [1.165, 1.54) is 0 Å². The number of carbonyl (C=O) groups is 1. The third-order valence-electron chi connectivity index (χ3n) is 3.75. The van der Waals surface area contributed by atoms with Gasteiger partial charge in [-0.25, -0.2) is 4.79 Å². The van der Waals surface area contributed by atoms with Gasteiger partial charge in [0.2, 0.25) is 0 Å². The first-order valence-electron chi connectivity index (χ1n) is 8.02. The predicted octanol–water partition coefficient (Wildman–Crippen LogP) is 2.75. The van der Waals surface area contributed by atoms with Gasteiger partial charge < -0.3 is 15.4 Å². The van der Waals surface area contributed by atoms with E-state index in [0.29, 0.717) is 18.9 Å². The van der Waals surface area contributed by atoms with Crippen LogP contribution in [0.4, 0.5) is 4.79 Å². The number of hydrogen-bond acceptors (Lipinski definition) is 3. The molecule has 0 unspecified atom stereocenters. The standard InChI is InChI=1S/C17H26N2O3S/c1-17(2,3)23(21)12-10-18-16(20)19-14-8-6-11-22-15-9-5-4-7-13(14)15/h4-5,7,9,14H,6,8,10-12H2,1-3H3,(H2,18,19,20)/t14-,23+/m1/s1. The van der Waals surface area contributed by atoms with E-state index >= 15 is 0 Å². The summed E-state index contributed by atoms with van der Waals surface area (Å²) in [5, 5.41) is 5.80. The van der Waals surface area contributed by atoms with Crippen LogP contribution in [0.2, 0.25) is 0 Å². The van der Waals surface area contributed by atoms with Gasteiger partial charge in [0.15, 0.2) is 0 Å². The molecule has 2 N–H and O–H groups in total. The predicted molar refractivity (Wildman–Crippen MR) is 93.2 cm³/mol. The lowest BCUT2D eigenvalue weighted by atomic mass is 10.0. The van der Waals surface area contributed by atoms with Crippen molar-refractivity contribution in [2.45, 2.75) is 44.4 Å². The summed E-state index contributed by atoms with van der Waals surface area (Å²) in [6.45, 7) is 6.88. The SMILES string of the molecule is CC(C)(C)[S@@](=O)CCNC(=O)N[C@@H]1CCCOc2ccccc21. The van der Waals surface area contributed by atoms with Crippen LogP contribution in [-0.4, -0.2) is 33.9 Å². The molecular weight excluding hydrogens is 312 g/mol. The lowest BCUT2D eigenvalue weighted by Crippen LogP contribution is -2.40. The summed E-state index contributed by atoms with van der Waals surface area (Å²) >= 11 is 0. The number of fused-ring (bicyclic) bond motifs is 1. The Morgan fingerprint density at radius 1 is 1.35 bits per heavy atom. The van der Waals surface area contributed by atoms with E-state index in [1.807, 2.05) is 45.0 Å². The van der Waals surface area contributed by atoms with Crippen molar-refractivity contribution in [3.8, 4) is 5.75 Å². The average molecular weight is 338 g/mol. The maximum absolute atomic E-state index is 12.1. The van der Waals surface area contributed by atoms with Gasteiger partial charge in [0, 0.05) is 33.4 Å². The molecule has 0 fully saturated rings. The van der Waals surface area contributed by atoms with Crippen molar-refractivity contribution in [2.24, 2.45) is 0 Å². The summed E-state index contributed by atoms with van der Waals surface area (Å²) in [7, 11) is -0.962.